The highest BCUT2D eigenvalue weighted by atomic mass is 32.1. The van der Waals surface area contributed by atoms with Crippen LogP contribution in [-0.2, 0) is 0 Å². The number of aryl methyl sites for hydroxylation is 2. The number of ether oxygens (including phenoxy) is 1. The number of pyridine rings is 1. The van der Waals surface area contributed by atoms with Crippen LogP contribution in [0.4, 0.5) is 5.69 Å². The van der Waals surface area contributed by atoms with Gasteiger partial charge in [0, 0.05) is 29.1 Å². The lowest BCUT2D eigenvalue weighted by molar-refractivity contribution is 0.0992. The zero-order valence-corrected chi connectivity index (χ0v) is 17.3. The van der Waals surface area contributed by atoms with Gasteiger partial charge in [-0.1, -0.05) is 12.1 Å². The zero-order valence-electron chi connectivity index (χ0n) is 16.4. The summed E-state index contributed by atoms with van der Waals surface area (Å²) in [7, 11) is 1.65. The molecule has 5 heteroatoms. The zero-order chi connectivity index (χ0) is 19.8. The lowest BCUT2D eigenvalue weighted by Crippen LogP contribution is -2.30. The maximum Gasteiger partial charge on any atom is 0.268 e. The normalized spacial score (nSPS) is 11.1. The molecule has 4 rings (SSSR count). The van der Waals surface area contributed by atoms with Gasteiger partial charge in [0.2, 0.25) is 0 Å². The van der Waals surface area contributed by atoms with Crippen LogP contribution in [0.5, 0.6) is 5.75 Å². The van der Waals surface area contributed by atoms with Crippen molar-refractivity contribution in [3.05, 3.63) is 64.5 Å². The molecule has 0 radical (unpaired) electrons. The number of anilines is 1. The number of thiophene rings is 1. The van der Waals surface area contributed by atoms with Crippen LogP contribution in [0.15, 0.2) is 48.5 Å². The number of rotatable bonds is 4. The summed E-state index contributed by atoms with van der Waals surface area (Å²) in [6.07, 6.45) is 0. The number of carbonyl (C=O) groups is 1. The molecular weight excluding hydrogens is 368 g/mol. The molecule has 4 nitrogen and oxygen atoms in total. The number of methoxy groups -OCH3 is 1. The van der Waals surface area contributed by atoms with Crippen LogP contribution in [0.3, 0.4) is 0 Å². The number of hydrogen-bond donors (Lipinski definition) is 0. The number of carbonyl (C=O) groups excluding carboxylic acids is 1. The van der Waals surface area contributed by atoms with E-state index in [1.165, 1.54) is 11.3 Å². The number of benzene rings is 2. The van der Waals surface area contributed by atoms with E-state index in [4.69, 9.17) is 9.72 Å². The summed E-state index contributed by atoms with van der Waals surface area (Å²) >= 11 is 1.44. The molecule has 0 N–H and O–H groups in total. The van der Waals surface area contributed by atoms with E-state index in [9.17, 15) is 4.79 Å². The van der Waals surface area contributed by atoms with Crippen LogP contribution in [-0.4, -0.2) is 24.5 Å². The molecule has 4 aromatic rings. The fraction of sp³-hybridized carbons (Fsp3) is 0.217. The molecule has 2 aromatic heterocycles. The van der Waals surface area contributed by atoms with Gasteiger partial charge in [0.25, 0.3) is 5.91 Å². The van der Waals surface area contributed by atoms with E-state index >= 15 is 0 Å². The molecule has 0 saturated carbocycles. The highest BCUT2D eigenvalue weighted by Gasteiger charge is 2.20. The number of hydrogen-bond acceptors (Lipinski definition) is 4. The first-order valence-electron chi connectivity index (χ1n) is 9.27. The van der Waals surface area contributed by atoms with Crippen molar-refractivity contribution in [2.75, 3.05) is 18.6 Å². The molecule has 0 unspecified atom stereocenters. The molecule has 0 fully saturated rings. The minimum absolute atomic E-state index is 0.0147. The third-order valence-corrected chi connectivity index (χ3v) is 5.97. The highest BCUT2D eigenvalue weighted by molar-refractivity contribution is 7.20. The lowest BCUT2D eigenvalue weighted by atomic mass is 10.1. The van der Waals surface area contributed by atoms with Crippen molar-refractivity contribution in [2.45, 2.75) is 20.8 Å². The summed E-state index contributed by atoms with van der Waals surface area (Å²) in [6.45, 7) is 6.71. The molecule has 1 amide bonds. The first kappa shape index (κ1) is 18.4. The Morgan fingerprint density at radius 1 is 1.07 bits per heavy atom. The van der Waals surface area contributed by atoms with Gasteiger partial charge in [0.15, 0.2) is 0 Å². The number of fused-ring (bicyclic) bond motifs is 2. The van der Waals surface area contributed by atoms with Gasteiger partial charge >= 0.3 is 0 Å². The van der Waals surface area contributed by atoms with Gasteiger partial charge in [-0.2, -0.15) is 0 Å². The molecule has 0 aliphatic carbocycles. The monoisotopic (exact) mass is 390 g/mol. The quantitative estimate of drug-likeness (QED) is 0.446. The van der Waals surface area contributed by atoms with Gasteiger partial charge in [-0.25, -0.2) is 4.98 Å². The molecule has 0 aliphatic heterocycles. The molecule has 0 spiro atoms. The van der Waals surface area contributed by atoms with Crippen LogP contribution in [0, 0.1) is 13.8 Å². The first-order chi connectivity index (χ1) is 13.5. The third-order valence-electron chi connectivity index (χ3n) is 4.94. The molecule has 2 heterocycles. The minimum Gasteiger partial charge on any atom is -0.497 e. The summed E-state index contributed by atoms with van der Waals surface area (Å²) in [5.41, 5.74) is 4.07. The Balaban J connectivity index is 1.77. The van der Waals surface area contributed by atoms with Gasteiger partial charge in [0.1, 0.15) is 10.6 Å². The number of aromatic nitrogens is 1. The van der Waals surface area contributed by atoms with Gasteiger partial charge < -0.3 is 9.64 Å². The van der Waals surface area contributed by atoms with Crippen molar-refractivity contribution in [2.24, 2.45) is 0 Å². The predicted molar refractivity (Wildman–Crippen MR) is 117 cm³/mol. The Kier molecular flexibility index (Phi) is 4.77. The smallest absolute Gasteiger partial charge is 0.268 e. The average Bonchev–Trinajstić information content (AvgIpc) is 3.11. The largest absolute Gasteiger partial charge is 0.497 e. The number of nitrogens with zero attached hydrogens (tertiary/aromatic N) is 2. The Morgan fingerprint density at radius 3 is 2.64 bits per heavy atom. The average molecular weight is 391 g/mol. The molecule has 0 saturated heterocycles. The summed E-state index contributed by atoms with van der Waals surface area (Å²) < 4.78 is 5.30. The number of amides is 1. The molecule has 2 aromatic carbocycles. The second kappa shape index (κ2) is 7.24. The van der Waals surface area contributed by atoms with Crippen LogP contribution >= 0.6 is 11.3 Å². The Bertz CT molecular complexity index is 1200. The first-order valence-corrected chi connectivity index (χ1v) is 10.1. The standard InChI is InChI=1S/C23H22N2O2S/c1-5-25(20-10-14(2)6-7-15(20)3)23(26)21-12-17-11-16-8-9-18(27-4)13-19(16)24-22(17)28-21/h6-13H,5H2,1-4H3. The summed E-state index contributed by atoms with van der Waals surface area (Å²) in [5, 5.41) is 2.02. The van der Waals surface area contributed by atoms with Crippen molar-refractivity contribution in [1.82, 2.24) is 4.98 Å². The van der Waals surface area contributed by atoms with E-state index in [0.717, 1.165) is 43.7 Å². The van der Waals surface area contributed by atoms with E-state index in [1.54, 1.807) is 7.11 Å². The van der Waals surface area contributed by atoms with Gasteiger partial charge in [-0.05, 0) is 62.2 Å². The van der Waals surface area contributed by atoms with E-state index in [2.05, 4.69) is 24.3 Å². The van der Waals surface area contributed by atoms with Crippen LogP contribution in [0.2, 0.25) is 0 Å². The fourth-order valence-corrected chi connectivity index (χ4v) is 4.38. The second-order valence-electron chi connectivity index (χ2n) is 6.89. The van der Waals surface area contributed by atoms with E-state index < -0.39 is 0 Å². The second-order valence-corrected chi connectivity index (χ2v) is 7.92. The van der Waals surface area contributed by atoms with E-state index in [1.807, 2.05) is 49.9 Å². The molecule has 0 aliphatic rings. The van der Waals surface area contributed by atoms with Gasteiger partial charge in [-0.3, -0.25) is 4.79 Å². The van der Waals surface area contributed by atoms with E-state index in [-0.39, 0.29) is 5.91 Å². The lowest BCUT2D eigenvalue weighted by Gasteiger charge is -2.22. The Hall–Kier alpha value is -2.92. The molecule has 28 heavy (non-hydrogen) atoms. The summed E-state index contributed by atoms with van der Waals surface area (Å²) in [5.74, 6) is 0.792. The van der Waals surface area contributed by atoms with Crippen LogP contribution in [0.25, 0.3) is 21.1 Å². The van der Waals surface area contributed by atoms with Crippen molar-refractivity contribution in [3.63, 3.8) is 0 Å². The third kappa shape index (κ3) is 3.22. The van der Waals surface area contributed by atoms with Crippen LogP contribution in [0.1, 0.15) is 27.7 Å². The predicted octanol–water partition coefficient (Wildman–Crippen LogP) is 5.74. The van der Waals surface area contributed by atoms with Crippen molar-refractivity contribution in [3.8, 4) is 5.75 Å². The Labute approximate surface area is 168 Å². The molecule has 142 valence electrons. The SMILES string of the molecule is CCN(C(=O)c1cc2cc3ccc(OC)cc3nc2s1)c1cc(C)ccc1C. The summed E-state index contributed by atoms with van der Waals surface area (Å²) in [6, 6.07) is 16.1. The maximum absolute atomic E-state index is 13.3. The Morgan fingerprint density at radius 2 is 1.89 bits per heavy atom. The maximum atomic E-state index is 13.3. The van der Waals surface area contributed by atoms with Gasteiger partial charge in [-0.15, -0.1) is 11.3 Å². The highest BCUT2D eigenvalue weighted by Crippen LogP contribution is 2.31. The molecule has 0 atom stereocenters. The minimum atomic E-state index is 0.0147. The van der Waals surface area contributed by atoms with Crippen molar-refractivity contribution >= 4 is 44.1 Å². The summed E-state index contributed by atoms with van der Waals surface area (Å²) in [4.78, 5) is 21.4. The van der Waals surface area contributed by atoms with Crippen molar-refractivity contribution < 1.29 is 9.53 Å². The van der Waals surface area contributed by atoms with E-state index in [0.29, 0.717) is 11.4 Å². The fourth-order valence-electron chi connectivity index (χ4n) is 3.40. The molecule has 0 bridgehead atoms. The van der Waals surface area contributed by atoms with Crippen molar-refractivity contribution in [1.29, 1.82) is 0 Å². The topological polar surface area (TPSA) is 42.4 Å². The van der Waals surface area contributed by atoms with Gasteiger partial charge in [0.05, 0.1) is 17.5 Å². The van der Waals surface area contributed by atoms with Crippen LogP contribution < -0.4 is 9.64 Å². The molecular formula is C23H22N2O2S.